The average Bonchev–Trinajstić information content (AvgIpc) is 2.61. The van der Waals surface area contributed by atoms with Crippen LogP contribution in [0.4, 0.5) is 0 Å². The number of nitrogens with one attached hydrogen (secondary N) is 1. The van der Waals surface area contributed by atoms with E-state index in [1.54, 1.807) is 13.8 Å². The molecule has 0 aliphatic heterocycles. The number of aromatic nitrogens is 1. The van der Waals surface area contributed by atoms with Crippen molar-refractivity contribution < 1.29 is 18.3 Å². The average molecular weight is 288 g/mol. The Morgan fingerprint density at radius 2 is 1.89 bits per heavy atom. The molecule has 0 aromatic carbocycles. The molecule has 0 unspecified atom stereocenters. The zero-order chi connectivity index (χ0) is 14.8. The van der Waals surface area contributed by atoms with Crippen LogP contribution in [-0.4, -0.2) is 41.9 Å². The predicted molar refractivity (Wildman–Crippen MR) is 71.9 cm³/mol. The number of hydrogen-bond acceptors (Lipinski definition) is 3. The van der Waals surface area contributed by atoms with Gasteiger partial charge >= 0.3 is 5.97 Å². The normalized spacial score (nSPS) is 12.1. The van der Waals surface area contributed by atoms with Crippen LogP contribution >= 0.6 is 0 Å². The molecule has 0 atom stereocenters. The number of hydrogen-bond donors (Lipinski definition) is 2. The van der Waals surface area contributed by atoms with Gasteiger partial charge in [-0.25, -0.2) is 13.2 Å². The van der Waals surface area contributed by atoms with E-state index in [0.29, 0.717) is 25.2 Å². The molecule has 19 heavy (non-hydrogen) atoms. The van der Waals surface area contributed by atoms with Crippen molar-refractivity contribution in [2.75, 3.05) is 13.1 Å². The molecule has 1 heterocycles. The van der Waals surface area contributed by atoms with Gasteiger partial charge in [0.05, 0.1) is 0 Å². The zero-order valence-corrected chi connectivity index (χ0v) is 12.5. The molecule has 7 heteroatoms. The Morgan fingerprint density at radius 1 is 1.32 bits per heavy atom. The van der Waals surface area contributed by atoms with Gasteiger partial charge in [-0.15, -0.1) is 0 Å². The number of carboxylic acid groups (broad SMARTS) is 1. The highest BCUT2D eigenvalue weighted by Crippen LogP contribution is 2.26. The van der Waals surface area contributed by atoms with Crippen LogP contribution in [0, 0.1) is 13.8 Å². The first-order valence-electron chi connectivity index (χ1n) is 6.19. The fourth-order valence-corrected chi connectivity index (χ4v) is 4.11. The summed E-state index contributed by atoms with van der Waals surface area (Å²) in [5.74, 6) is -1.15. The fraction of sp³-hybridized carbons (Fsp3) is 0.583. The molecule has 1 aromatic heterocycles. The van der Waals surface area contributed by atoms with Crippen LogP contribution in [0.15, 0.2) is 4.90 Å². The van der Waals surface area contributed by atoms with Crippen LogP contribution < -0.4 is 0 Å². The summed E-state index contributed by atoms with van der Waals surface area (Å²) < 4.78 is 26.5. The monoisotopic (exact) mass is 288 g/mol. The molecule has 0 bridgehead atoms. The molecule has 0 fully saturated rings. The van der Waals surface area contributed by atoms with Crippen LogP contribution in [0.2, 0.25) is 0 Å². The second-order valence-electron chi connectivity index (χ2n) is 4.38. The molecule has 2 N–H and O–H groups in total. The van der Waals surface area contributed by atoms with E-state index >= 15 is 0 Å². The summed E-state index contributed by atoms with van der Waals surface area (Å²) >= 11 is 0. The lowest BCUT2D eigenvalue weighted by Gasteiger charge is -2.20. The third-order valence-corrected chi connectivity index (χ3v) is 5.26. The van der Waals surface area contributed by atoms with Gasteiger partial charge in [-0.2, -0.15) is 4.31 Å². The van der Waals surface area contributed by atoms with Crippen molar-refractivity contribution in [3.8, 4) is 0 Å². The summed E-state index contributed by atoms with van der Waals surface area (Å²) in [5.41, 5.74) is 0.563. The highest BCUT2D eigenvalue weighted by Gasteiger charge is 2.30. The first kappa shape index (κ1) is 15.7. The molecule has 108 valence electrons. The van der Waals surface area contributed by atoms with E-state index in [1.165, 1.54) is 11.2 Å². The largest absolute Gasteiger partial charge is 0.477 e. The summed E-state index contributed by atoms with van der Waals surface area (Å²) in [6.45, 7) is 7.54. The van der Waals surface area contributed by atoms with E-state index < -0.39 is 16.0 Å². The predicted octanol–water partition coefficient (Wildman–Crippen LogP) is 1.75. The van der Waals surface area contributed by atoms with E-state index in [1.807, 2.05) is 6.92 Å². The van der Waals surface area contributed by atoms with E-state index in [2.05, 4.69) is 4.98 Å². The third kappa shape index (κ3) is 2.82. The number of sulfonamides is 1. The Morgan fingerprint density at radius 3 is 2.26 bits per heavy atom. The van der Waals surface area contributed by atoms with Gasteiger partial charge in [0.15, 0.2) is 0 Å². The first-order valence-corrected chi connectivity index (χ1v) is 7.63. The molecule has 0 saturated heterocycles. The zero-order valence-electron chi connectivity index (χ0n) is 11.6. The summed E-state index contributed by atoms with van der Waals surface area (Å²) in [4.78, 5) is 13.8. The molecule has 0 amide bonds. The second kappa shape index (κ2) is 5.75. The first-order chi connectivity index (χ1) is 8.77. The maximum absolute atomic E-state index is 12.5. The SMILES string of the molecule is CCCN(CC)S(=O)(=O)c1c(C)[nH]c(C(=O)O)c1C. The van der Waals surface area contributed by atoms with Crippen molar-refractivity contribution in [1.29, 1.82) is 0 Å². The minimum atomic E-state index is -3.65. The lowest BCUT2D eigenvalue weighted by atomic mass is 10.2. The molecule has 0 aliphatic carbocycles. The van der Waals surface area contributed by atoms with Gasteiger partial charge in [0.1, 0.15) is 10.6 Å². The Hall–Kier alpha value is -1.34. The van der Waals surface area contributed by atoms with Crippen LogP contribution in [0.1, 0.15) is 42.0 Å². The van der Waals surface area contributed by atoms with Crippen LogP contribution in [0.25, 0.3) is 0 Å². The maximum atomic E-state index is 12.5. The van der Waals surface area contributed by atoms with E-state index in [9.17, 15) is 13.2 Å². The van der Waals surface area contributed by atoms with Crippen LogP contribution in [0.3, 0.4) is 0 Å². The van der Waals surface area contributed by atoms with Gasteiger partial charge in [-0.3, -0.25) is 0 Å². The Bertz CT molecular complexity index is 575. The number of aryl methyl sites for hydroxylation is 1. The topological polar surface area (TPSA) is 90.5 Å². The van der Waals surface area contributed by atoms with Crippen LogP contribution in [-0.2, 0) is 10.0 Å². The van der Waals surface area contributed by atoms with E-state index in [-0.39, 0.29) is 16.2 Å². The lowest BCUT2D eigenvalue weighted by Crippen LogP contribution is -2.32. The number of rotatable bonds is 6. The van der Waals surface area contributed by atoms with Crippen molar-refractivity contribution in [1.82, 2.24) is 9.29 Å². The highest BCUT2D eigenvalue weighted by molar-refractivity contribution is 7.89. The summed E-state index contributed by atoms with van der Waals surface area (Å²) in [5, 5.41) is 9.03. The minimum Gasteiger partial charge on any atom is -0.477 e. The highest BCUT2D eigenvalue weighted by atomic mass is 32.2. The summed E-state index contributed by atoms with van der Waals surface area (Å²) in [6, 6.07) is 0. The van der Waals surface area contributed by atoms with Crippen LogP contribution in [0.5, 0.6) is 0 Å². The minimum absolute atomic E-state index is 0.0661. The third-order valence-electron chi connectivity index (χ3n) is 3.01. The smallest absolute Gasteiger partial charge is 0.352 e. The number of H-pyrrole nitrogens is 1. The number of aromatic carboxylic acids is 1. The second-order valence-corrected chi connectivity index (χ2v) is 6.26. The van der Waals surface area contributed by atoms with Crippen molar-refractivity contribution in [2.45, 2.75) is 39.0 Å². The standard InChI is InChI=1S/C12H20N2O4S/c1-5-7-14(6-2)19(17,18)11-8(3)10(12(15)16)13-9(11)4/h13H,5-7H2,1-4H3,(H,15,16). The molecule has 0 aliphatic rings. The molecule has 0 saturated carbocycles. The molecular formula is C12H20N2O4S. The van der Waals surface area contributed by atoms with Crippen molar-refractivity contribution >= 4 is 16.0 Å². The Kier molecular flexibility index (Phi) is 4.75. The Labute approximate surface area is 113 Å². The quantitative estimate of drug-likeness (QED) is 0.834. The maximum Gasteiger partial charge on any atom is 0.352 e. The molecule has 1 aromatic rings. The van der Waals surface area contributed by atoms with E-state index in [4.69, 9.17) is 5.11 Å². The molecule has 6 nitrogen and oxygen atoms in total. The van der Waals surface area contributed by atoms with Gasteiger partial charge < -0.3 is 10.1 Å². The van der Waals surface area contributed by atoms with Crippen molar-refractivity contribution in [2.24, 2.45) is 0 Å². The number of carboxylic acids is 1. The number of carbonyl (C=O) groups is 1. The van der Waals surface area contributed by atoms with Gasteiger partial charge in [0.2, 0.25) is 10.0 Å². The Balaban J connectivity index is 3.40. The molecule has 1 rings (SSSR count). The lowest BCUT2D eigenvalue weighted by molar-refractivity contribution is 0.0690. The fourth-order valence-electron chi connectivity index (χ4n) is 2.16. The van der Waals surface area contributed by atoms with Gasteiger partial charge in [0, 0.05) is 24.3 Å². The molecule has 0 radical (unpaired) electrons. The summed E-state index contributed by atoms with van der Waals surface area (Å²) in [7, 11) is -3.65. The molecular weight excluding hydrogens is 268 g/mol. The van der Waals surface area contributed by atoms with Crippen molar-refractivity contribution in [3.63, 3.8) is 0 Å². The van der Waals surface area contributed by atoms with Gasteiger partial charge in [0.25, 0.3) is 0 Å². The molecule has 0 spiro atoms. The number of aromatic amines is 1. The summed E-state index contributed by atoms with van der Waals surface area (Å²) in [6.07, 6.45) is 0.710. The van der Waals surface area contributed by atoms with Gasteiger partial charge in [-0.1, -0.05) is 13.8 Å². The number of nitrogens with zero attached hydrogens (tertiary/aromatic N) is 1. The van der Waals surface area contributed by atoms with Crippen molar-refractivity contribution in [3.05, 3.63) is 17.0 Å². The van der Waals surface area contributed by atoms with E-state index in [0.717, 1.165) is 0 Å². The van der Waals surface area contributed by atoms with Gasteiger partial charge in [-0.05, 0) is 20.3 Å².